The van der Waals surface area contributed by atoms with Crippen LogP contribution in [-0.4, -0.2) is 37.2 Å². The Hall–Kier alpha value is -2.89. The molecule has 0 radical (unpaired) electrons. The fourth-order valence-corrected chi connectivity index (χ4v) is 10.7. The maximum absolute atomic E-state index is 12.9. The van der Waals surface area contributed by atoms with Crippen molar-refractivity contribution in [3.63, 3.8) is 0 Å². The Morgan fingerprint density at radius 2 is 0.439 bits per heavy atom. The zero-order valence-corrected chi connectivity index (χ0v) is 55.0. The van der Waals surface area contributed by atoms with Gasteiger partial charge in [-0.2, -0.15) is 0 Å². The summed E-state index contributed by atoms with van der Waals surface area (Å²) in [6.45, 7) is 6.63. The average molecular weight is 1150 g/mol. The molecule has 0 fully saturated rings. The number of carbonyl (C=O) groups excluding carboxylic acids is 3. The topological polar surface area (TPSA) is 78.9 Å². The summed E-state index contributed by atoms with van der Waals surface area (Å²) in [6.07, 6.45) is 91.3. The Labute approximate surface area is 510 Å². The molecule has 1 atom stereocenters. The normalized spacial score (nSPS) is 12.4. The standard InChI is InChI=1S/C76H138O6/c1-4-7-10-13-16-19-22-25-28-29-30-31-32-33-34-35-36-37-38-39-40-41-42-43-44-45-46-47-49-51-54-57-60-63-66-69-75(78)81-72-73(71-80-74(77)68-65-62-59-56-53-50-27-24-21-18-15-12-9-6-3)82-76(79)70-67-64-61-58-55-52-48-26-23-20-17-14-11-8-5-2/h17,20,22,24-27,29-30,48,73H,4-16,18-19,21,23,28,31-47,49-72H2,1-3H3/b20-17-,25-22-,27-24-,30-29-,48-26-. The SMILES string of the molecule is CCCCC/C=C\C/C=C\CCCCCCCC(=O)OC(COC(=O)CCCCCCC/C=C\CCCCCCC)COC(=O)CCCCCCCCCCCCCCCCCCCCCCCCC/C=C\C/C=C\CCCCCCC. The second-order valence-corrected chi connectivity index (χ2v) is 24.5. The first-order valence-electron chi connectivity index (χ1n) is 36.3. The van der Waals surface area contributed by atoms with Crippen molar-refractivity contribution in [1.29, 1.82) is 0 Å². The molecule has 0 N–H and O–H groups in total. The number of hydrogen-bond donors (Lipinski definition) is 0. The van der Waals surface area contributed by atoms with Gasteiger partial charge in [-0.05, 0) is 109 Å². The van der Waals surface area contributed by atoms with Crippen molar-refractivity contribution >= 4 is 17.9 Å². The van der Waals surface area contributed by atoms with Gasteiger partial charge >= 0.3 is 17.9 Å². The quantitative estimate of drug-likeness (QED) is 0.0261. The summed E-state index contributed by atoms with van der Waals surface area (Å²) in [4.78, 5) is 38.4. The van der Waals surface area contributed by atoms with E-state index in [-0.39, 0.29) is 31.1 Å². The van der Waals surface area contributed by atoms with Crippen molar-refractivity contribution in [2.75, 3.05) is 13.2 Å². The molecule has 0 aromatic carbocycles. The molecule has 0 heterocycles. The van der Waals surface area contributed by atoms with Crippen molar-refractivity contribution < 1.29 is 28.6 Å². The predicted octanol–water partition coefficient (Wildman–Crippen LogP) is 25.1. The minimum atomic E-state index is -0.784. The fraction of sp³-hybridized carbons (Fsp3) is 0.829. The molecule has 82 heavy (non-hydrogen) atoms. The zero-order chi connectivity index (χ0) is 59.2. The molecule has 0 saturated heterocycles. The second-order valence-electron chi connectivity index (χ2n) is 24.5. The third-order valence-electron chi connectivity index (χ3n) is 16.2. The molecular formula is C76H138O6. The van der Waals surface area contributed by atoms with Crippen LogP contribution in [-0.2, 0) is 28.6 Å². The van der Waals surface area contributed by atoms with E-state index >= 15 is 0 Å². The minimum absolute atomic E-state index is 0.0785. The zero-order valence-electron chi connectivity index (χ0n) is 55.0. The summed E-state index contributed by atoms with van der Waals surface area (Å²) in [6, 6.07) is 0. The molecule has 0 aromatic heterocycles. The maximum Gasteiger partial charge on any atom is 0.306 e. The van der Waals surface area contributed by atoms with Gasteiger partial charge in [0.25, 0.3) is 0 Å². The highest BCUT2D eigenvalue weighted by Crippen LogP contribution is 2.18. The van der Waals surface area contributed by atoms with Crippen LogP contribution in [0, 0.1) is 0 Å². The van der Waals surface area contributed by atoms with Crippen LogP contribution in [0.5, 0.6) is 0 Å². The van der Waals surface area contributed by atoms with E-state index in [0.29, 0.717) is 19.3 Å². The van der Waals surface area contributed by atoms with Crippen LogP contribution in [0.3, 0.4) is 0 Å². The van der Waals surface area contributed by atoms with Crippen LogP contribution in [0.4, 0.5) is 0 Å². The molecule has 478 valence electrons. The molecule has 0 aliphatic carbocycles. The van der Waals surface area contributed by atoms with Gasteiger partial charge in [0.1, 0.15) is 13.2 Å². The van der Waals surface area contributed by atoms with E-state index < -0.39 is 6.10 Å². The Morgan fingerprint density at radius 3 is 0.707 bits per heavy atom. The van der Waals surface area contributed by atoms with Gasteiger partial charge in [0.15, 0.2) is 6.10 Å². The number of rotatable bonds is 67. The van der Waals surface area contributed by atoms with Gasteiger partial charge in [0, 0.05) is 19.3 Å². The minimum Gasteiger partial charge on any atom is -0.462 e. The summed E-state index contributed by atoms with van der Waals surface area (Å²) in [5.41, 5.74) is 0. The monoisotopic (exact) mass is 1150 g/mol. The third kappa shape index (κ3) is 67.9. The molecule has 0 aliphatic rings. The molecule has 0 aromatic rings. The van der Waals surface area contributed by atoms with E-state index in [0.717, 1.165) is 96.3 Å². The molecular weight excluding hydrogens is 1010 g/mol. The van der Waals surface area contributed by atoms with E-state index in [2.05, 4.69) is 81.5 Å². The van der Waals surface area contributed by atoms with Crippen molar-refractivity contribution in [2.24, 2.45) is 0 Å². The summed E-state index contributed by atoms with van der Waals surface area (Å²) in [5, 5.41) is 0. The van der Waals surface area contributed by atoms with Crippen molar-refractivity contribution in [1.82, 2.24) is 0 Å². The van der Waals surface area contributed by atoms with Crippen LogP contribution in [0.2, 0.25) is 0 Å². The largest absolute Gasteiger partial charge is 0.462 e. The van der Waals surface area contributed by atoms with Gasteiger partial charge in [-0.1, -0.05) is 319 Å². The number of ether oxygens (including phenoxy) is 3. The molecule has 6 heteroatoms. The van der Waals surface area contributed by atoms with Gasteiger partial charge in [-0.15, -0.1) is 0 Å². The van der Waals surface area contributed by atoms with Crippen LogP contribution >= 0.6 is 0 Å². The second kappa shape index (κ2) is 70.6. The lowest BCUT2D eigenvalue weighted by atomic mass is 10.0. The van der Waals surface area contributed by atoms with Crippen LogP contribution in [0.15, 0.2) is 60.8 Å². The Balaban J connectivity index is 4.09. The highest BCUT2D eigenvalue weighted by atomic mass is 16.6. The first-order valence-corrected chi connectivity index (χ1v) is 36.3. The number of hydrogen-bond acceptors (Lipinski definition) is 6. The van der Waals surface area contributed by atoms with E-state index in [1.807, 2.05) is 0 Å². The molecule has 1 unspecified atom stereocenters. The molecule has 0 saturated carbocycles. The van der Waals surface area contributed by atoms with E-state index in [1.165, 1.54) is 250 Å². The van der Waals surface area contributed by atoms with Gasteiger partial charge < -0.3 is 14.2 Å². The lowest BCUT2D eigenvalue weighted by Crippen LogP contribution is -2.30. The van der Waals surface area contributed by atoms with E-state index in [1.54, 1.807) is 0 Å². The molecule has 0 spiro atoms. The molecule has 0 amide bonds. The maximum atomic E-state index is 12.9. The van der Waals surface area contributed by atoms with Gasteiger partial charge in [0.05, 0.1) is 0 Å². The molecule has 6 nitrogen and oxygen atoms in total. The summed E-state index contributed by atoms with van der Waals surface area (Å²) < 4.78 is 16.9. The number of carbonyl (C=O) groups is 3. The number of unbranched alkanes of at least 4 members (excludes halogenated alkanes) is 46. The summed E-state index contributed by atoms with van der Waals surface area (Å²) in [7, 11) is 0. The number of esters is 3. The van der Waals surface area contributed by atoms with E-state index in [9.17, 15) is 14.4 Å². The Kier molecular flexibility index (Phi) is 68.1. The number of allylic oxidation sites excluding steroid dienone is 10. The fourth-order valence-electron chi connectivity index (χ4n) is 10.7. The average Bonchev–Trinajstić information content (AvgIpc) is 3.47. The van der Waals surface area contributed by atoms with E-state index in [4.69, 9.17) is 14.2 Å². The summed E-state index contributed by atoms with van der Waals surface area (Å²) >= 11 is 0. The molecule has 0 bridgehead atoms. The first-order chi connectivity index (χ1) is 40.5. The van der Waals surface area contributed by atoms with Crippen LogP contribution in [0.1, 0.15) is 387 Å². The highest BCUT2D eigenvalue weighted by molar-refractivity contribution is 5.71. The van der Waals surface area contributed by atoms with Crippen LogP contribution < -0.4 is 0 Å². The van der Waals surface area contributed by atoms with Crippen molar-refractivity contribution in [2.45, 2.75) is 393 Å². The predicted molar refractivity (Wildman–Crippen MR) is 358 cm³/mol. The lowest BCUT2D eigenvalue weighted by molar-refractivity contribution is -0.167. The molecule has 0 rings (SSSR count). The Bertz CT molecular complexity index is 1460. The first kappa shape index (κ1) is 79.1. The van der Waals surface area contributed by atoms with Gasteiger partial charge in [-0.3, -0.25) is 14.4 Å². The smallest absolute Gasteiger partial charge is 0.306 e. The summed E-state index contributed by atoms with van der Waals surface area (Å²) in [5.74, 6) is -0.880. The molecule has 0 aliphatic heterocycles. The lowest BCUT2D eigenvalue weighted by Gasteiger charge is -2.18. The van der Waals surface area contributed by atoms with Gasteiger partial charge in [-0.25, -0.2) is 0 Å². The van der Waals surface area contributed by atoms with Gasteiger partial charge in [0.2, 0.25) is 0 Å². The highest BCUT2D eigenvalue weighted by Gasteiger charge is 2.19. The van der Waals surface area contributed by atoms with Crippen molar-refractivity contribution in [3.05, 3.63) is 60.8 Å². The third-order valence-corrected chi connectivity index (χ3v) is 16.2. The Morgan fingerprint density at radius 1 is 0.244 bits per heavy atom. The van der Waals surface area contributed by atoms with Crippen LogP contribution in [0.25, 0.3) is 0 Å². The van der Waals surface area contributed by atoms with Crippen molar-refractivity contribution in [3.8, 4) is 0 Å².